The highest BCUT2D eigenvalue weighted by Crippen LogP contribution is 1.96. The molecule has 7 nitrogen and oxygen atoms in total. The molecular formula is C18H38N2O5. The minimum absolute atomic E-state index is 0.0169. The molecule has 0 unspecified atom stereocenters. The third-order valence-corrected chi connectivity index (χ3v) is 2.99. The normalized spacial score (nSPS) is 10.2. The lowest BCUT2D eigenvalue weighted by atomic mass is 10.2. The van der Waals surface area contributed by atoms with Crippen LogP contribution in [-0.2, 0) is 23.8 Å². The van der Waals surface area contributed by atoms with Crippen LogP contribution in [0.3, 0.4) is 0 Å². The van der Waals surface area contributed by atoms with Gasteiger partial charge in [-0.15, -0.1) is 0 Å². The van der Waals surface area contributed by atoms with Gasteiger partial charge in [0.25, 0.3) is 0 Å². The van der Waals surface area contributed by atoms with E-state index in [0.717, 1.165) is 19.3 Å². The Balaban J connectivity index is 0. The number of unbranched alkanes of at least 4 members (excludes halogenated alkanes) is 2. The van der Waals surface area contributed by atoms with Crippen molar-refractivity contribution >= 4 is 11.8 Å². The Labute approximate surface area is 153 Å². The molecule has 0 aliphatic carbocycles. The van der Waals surface area contributed by atoms with Gasteiger partial charge in [0, 0.05) is 39.3 Å². The molecule has 7 heteroatoms. The highest BCUT2D eigenvalue weighted by molar-refractivity contribution is 5.77. The first kappa shape index (κ1) is 26.1. The fraction of sp³-hybridized carbons (Fsp3) is 0.889. The van der Waals surface area contributed by atoms with Crippen molar-refractivity contribution in [3.63, 3.8) is 0 Å². The predicted molar refractivity (Wildman–Crippen MR) is 99.6 cm³/mol. The van der Waals surface area contributed by atoms with Gasteiger partial charge >= 0.3 is 0 Å². The molecular weight excluding hydrogens is 324 g/mol. The molecule has 0 aromatic carbocycles. The minimum Gasteiger partial charge on any atom is -0.380 e. The van der Waals surface area contributed by atoms with Gasteiger partial charge in [-0.2, -0.15) is 0 Å². The summed E-state index contributed by atoms with van der Waals surface area (Å²) in [6.45, 7) is 11.3. The molecule has 2 amide bonds. The van der Waals surface area contributed by atoms with E-state index in [-0.39, 0.29) is 24.3 Å². The molecule has 0 spiro atoms. The number of carbonyl (C=O) groups excluding carboxylic acids is 2. The van der Waals surface area contributed by atoms with E-state index in [1.165, 1.54) is 7.11 Å². The average Bonchev–Trinajstić information content (AvgIpc) is 2.60. The summed E-state index contributed by atoms with van der Waals surface area (Å²) in [4.78, 5) is 22.4. The van der Waals surface area contributed by atoms with Crippen LogP contribution in [0.5, 0.6) is 0 Å². The molecule has 2 N–H and O–H groups in total. The smallest absolute Gasteiger partial charge is 0.246 e. The van der Waals surface area contributed by atoms with Crippen LogP contribution in [0.2, 0.25) is 0 Å². The summed E-state index contributed by atoms with van der Waals surface area (Å²) in [5.41, 5.74) is 0. The Morgan fingerprint density at radius 1 is 0.840 bits per heavy atom. The number of carbonyl (C=O) groups is 2. The van der Waals surface area contributed by atoms with E-state index < -0.39 is 0 Å². The van der Waals surface area contributed by atoms with Gasteiger partial charge in [-0.05, 0) is 19.3 Å². The molecule has 0 aliphatic rings. The summed E-state index contributed by atoms with van der Waals surface area (Å²) in [7, 11) is 1.49. The third-order valence-electron chi connectivity index (χ3n) is 2.99. The SMILES string of the molecule is CC.COCC(=O)NCCOCCCCCOCCNC(=O)C(C)C. The number of nitrogens with one attached hydrogen (secondary N) is 2. The highest BCUT2D eigenvalue weighted by atomic mass is 16.5. The average molecular weight is 363 g/mol. The lowest BCUT2D eigenvalue weighted by molar-refractivity contribution is -0.125. The van der Waals surface area contributed by atoms with E-state index in [0.29, 0.717) is 39.5 Å². The van der Waals surface area contributed by atoms with E-state index in [4.69, 9.17) is 14.2 Å². The number of hydrogen-bond acceptors (Lipinski definition) is 5. The van der Waals surface area contributed by atoms with Gasteiger partial charge in [-0.1, -0.05) is 27.7 Å². The van der Waals surface area contributed by atoms with Gasteiger partial charge < -0.3 is 24.8 Å². The molecule has 0 aromatic rings. The molecule has 0 aliphatic heterocycles. The first-order valence-electron chi connectivity index (χ1n) is 9.26. The molecule has 0 rings (SSSR count). The molecule has 0 saturated heterocycles. The molecule has 0 fully saturated rings. The lowest BCUT2D eigenvalue weighted by Crippen LogP contribution is -2.30. The Hall–Kier alpha value is -1.18. The summed E-state index contributed by atoms with van der Waals surface area (Å²) < 4.78 is 15.6. The molecule has 0 atom stereocenters. The van der Waals surface area contributed by atoms with Gasteiger partial charge in [-0.25, -0.2) is 0 Å². The first-order valence-corrected chi connectivity index (χ1v) is 9.26. The Kier molecular flexibility index (Phi) is 21.7. The maximum Gasteiger partial charge on any atom is 0.246 e. The van der Waals surface area contributed by atoms with Crippen molar-refractivity contribution in [2.24, 2.45) is 5.92 Å². The van der Waals surface area contributed by atoms with Crippen molar-refractivity contribution < 1.29 is 23.8 Å². The summed E-state index contributed by atoms with van der Waals surface area (Å²) >= 11 is 0. The van der Waals surface area contributed by atoms with Gasteiger partial charge in [-0.3, -0.25) is 9.59 Å². The quantitative estimate of drug-likeness (QED) is 0.434. The highest BCUT2D eigenvalue weighted by Gasteiger charge is 2.04. The van der Waals surface area contributed by atoms with E-state index in [2.05, 4.69) is 10.6 Å². The molecule has 0 bridgehead atoms. The maximum atomic E-state index is 11.3. The van der Waals surface area contributed by atoms with Crippen LogP contribution in [-0.4, -0.2) is 65.0 Å². The Bertz CT molecular complexity index is 312. The summed E-state index contributed by atoms with van der Waals surface area (Å²) in [5.74, 6) is -0.0507. The zero-order chi connectivity index (χ0) is 19.3. The van der Waals surface area contributed by atoms with E-state index in [1.807, 2.05) is 27.7 Å². The second-order valence-corrected chi connectivity index (χ2v) is 5.51. The lowest BCUT2D eigenvalue weighted by Gasteiger charge is -2.08. The van der Waals surface area contributed by atoms with E-state index >= 15 is 0 Å². The number of rotatable bonds is 15. The number of amides is 2. The second-order valence-electron chi connectivity index (χ2n) is 5.51. The Morgan fingerprint density at radius 2 is 1.36 bits per heavy atom. The van der Waals surface area contributed by atoms with Crippen molar-refractivity contribution in [1.29, 1.82) is 0 Å². The van der Waals surface area contributed by atoms with Crippen LogP contribution in [0.4, 0.5) is 0 Å². The van der Waals surface area contributed by atoms with Gasteiger partial charge in [0.05, 0.1) is 13.2 Å². The van der Waals surface area contributed by atoms with Crippen LogP contribution in [0, 0.1) is 5.92 Å². The standard InChI is InChI=1S/C16H32N2O5.C2H6/c1-14(2)16(20)18-8-12-23-10-6-4-5-9-22-11-7-17-15(19)13-21-3;1-2/h14H,4-13H2,1-3H3,(H,17,19)(H,18,20);1-2H3. The van der Waals surface area contributed by atoms with Crippen molar-refractivity contribution in [2.75, 3.05) is 53.2 Å². The molecule has 25 heavy (non-hydrogen) atoms. The third kappa shape index (κ3) is 20.8. The Morgan fingerprint density at radius 3 is 1.84 bits per heavy atom. The van der Waals surface area contributed by atoms with Gasteiger partial charge in [0.2, 0.25) is 11.8 Å². The largest absolute Gasteiger partial charge is 0.380 e. The molecule has 0 aromatic heterocycles. The first-order chi connectivity index (χ1) is 12.1. The summed E-state index contributed by atoms with van der Waals surface area (Å²) in [6, 6.07) is 0. The molecule has 150 valence electrons. The van der Waals surface area contributed by atoms with Crippen molar-refractivity contribution in [1.82, 2.24) is 10.6 Å². The van der Waals surface area contributed by atoms with Crippen LogP contribution in [0.15, 0.2) is 0 Å². The summed E-state index contributed by atoms with van der Waals surface area (Å²) in [6.07, 6.45) is 2.99. The summed E-state index contributed by atoms with van der Waals surface area (Å²) in [5, 5.41) is 5.50. The zero-order valence-electron chi connectivity index (χ0n) is 16.7. The number of methoxy groups -OCH3 is 1. The molecule has 0 radical (unpaired) electrons. The van der Waals surface area contributed by atoms with Gasteiger partial charge in [0.15, 0.2) is 0 Å². The predicted octanol–water partition coefficient (Wildman–Crippen LogP) is 1.75. The minimum atomic E-state index is -0.127. The molecule has 0 saturated carbocycles. The fourth-order valence-corrected chi connectivity index (χ4v) is 1.68. The van der Waals surface area contributed by atoms with Crippen LogP contribution in [0.1, 0.15) is 47.0 Å². The van der Waals surface area contributed by atoms with E-state index in [1.54, 1.807) is 0 Å². The van der Waals surface area contributed by atoms with Crippen LogP contribution < -0.4 is 10.6 Å². The molecule has 0 heterocycles. The van der Waals surface area contributed by atoms with Gasteiger partial charge in [0.1, 0.15) is 6.61 Å². The van der Waals surface area contributed by atoms with Crippen molar-refractivity contribution in [2.45, 2.75) is 47.0 Å². The van der Waals surface area contributed by atoms with Crippen molar-refractivity contribution in [3.8, 4) is 0 Å². The topological polar surface area (TPSA) is 85.9 Å². The second kappa shape index (κ2) is 20.9. The van der Waals surface area contributed by atoms with Crippen molar-refractivity contribution in [3.05, 3.63) is 0 Å². The van der Waals surface area contributed by atoms with Crippen LogP contribution >= 0.6 is 0 Å². The van der Waals surface area contributed by atoms with Crippen LogP contribution in [0.25, 0.3) is 0 Å². The zero-order valence-corrected chi connectivity index (χ0v) is 16.7. The van der Waals surface area contributed by atoms with E-state index in [9.17, 15) is 9.59 Å². The number of hydrogen-bond donors (Lipinski definition) is 2. The monoisotopic (exact) mass is 362 g/mol. The fourth-order valence-electron chi connectivity index (χ4n) is 1.68. The number of ether oxygens (including phenoxy) is 3. The maximum absolute atomic E-state index is 11.3.